The Kier molecular flexibility index (Phi) is 20.8. The molecule has 66 heavy (non-hydrogen) atoms. The molecular formula is C62H96O4. The third kappa shape index (κ3) is 16.7. The number of hydrogen-bond acceptors (Lipinski definition) is 4. The van der Waals surface area contributed by atoms with Crippen molar-refractivity contribution in [2.45, 2.75) is 247 Å². The van der Waals surface area contributed by atoms with Crippen molar-refractivity contribution in [2.24, 2.45) is 0 Å². The summed E-state index contributed by atoms with van der Waals surface area (Å²) in [4.78, 5) is 0. The highest BCUT2D eigenvalue weighted by Gasteiger charge is 2.34. The van der Waals surface area contributed by atoms with Gasteiger partial charge in [-0.3, -0.25) is 0 Å². The first-order valence-electron chi connectivity index (χ1n) is 26.0. The van der Waals surface area contributed by atoms with Crippen LogP contribution in [0.3, 0.4) is 0 Å². The minimum Gasteiger partial charge on any atom is -0.508 e. The highest BCUT2D eigenvalue weighted by molar-refractivity contribution is 5.57. The second-order valence-electron chi connectivity index (χ2n) is 24.3. The van der Waals surface area contributed by atoms with Crippen LogP contribution in [0.1, 0.15) is 256 Å². The zero-order chi connectivity index (χ0) is 49.7. The zero-order valence-corrected chi connectivity index (χ0v) is 45.1. The van der Waals surface area contributed by atoms with E-state index < -0.39 is 0 Å². The second-order valence-corrected chi connectivity index (χ2v) is 24.3. The largest absolute Gasteiger partial charge is 0.508 e. The monoisotopic (exact) mass is 905 g/mol. The number of rotatable bonds is 20. The van der Waals surface area contributed by atoms with Crippen LogP contribution >= 0.6 is 0 Å². The van der Waals surface area contributed by atoms with Crippen LogP contribution in [0, 0.1) is 0 Å². The first-order chi connectivity index (χ1) is 30.6. The van der Waals surface area contributed by atoms with E-state index in [1.54, 1.807) is 0 Å². The molecule has 4 rings (SSSR count). The molecule has 0 heterocycles. The molecule has 0 aromatic heterocycles. The number of unbranched alkanes of at least 4 members (excludes halogenated alkanes) is 12. The molecule has 0 radical (unpaired) electrons. The maximum Gasteiger partial charge on any atom is 0.123 e. The van der Waals surface area contributed by atoms with Crippen LogP contribution < -0.4 is 0 Å². The van der Waals surface area contributed by atoms with Crippen molar-refractivity contribution in [1.29, 1.82) is 0 Å². The molecule has 0 aliphatic carbocycles. The molecule has 0 bridgehead atoms. The van der Waals surface area contributed by atoms with E-state index in [0.717, 1.165) is 65.5 Å². The lowest BCUT2D eigenvalue weighted by Crippen LogP contribution is -2.26. The topological polar surface area (TPSA) is 80.9 Å². The van der Waals surface area contributed by atoms with E-state index >= 15 is 0 Å². The van der Waals surface area contributed by atoms with Crippen molar-refractivity contribution in [3.05, 3.63) is 116 Å². The molecule has 0 fully saturated rings. The fraction of sp³-hybridized carbons (Fsp3) is 0.613. The summed E-state index contributed by atoms with van der Waals surface area (Å²) in [7, 11) is 0. The van der Waals surface area contributed by atoms with Crippen LogP contribution in [-0.4, -0.2) is 20.4 Å². The molecule has 4 aromatic carbocycles. The van der Waals surface area contributed by atoms with Gasteiger partial charge in [0.2, 0.25) is 0 Å². The van der Waals surface area contributed by atoms with Crippen LogP contribution in [0.4, 0.5) is 0 Å². The Morgan fingerprint density at radius 2 is 0.621 bits per heavy atom. The Bertz CT molecular complexity index is 1890. The van der Waals surface area contributed by atoms with Crippen LogP contribution in [0.15, 0.2) is 60.7 Å². The maximum absolute atomic E-state index is 11.2. The summed E-state index contributed by atoms with van der Waals surface area (Å²) >= 11 is 0. The molecule has 4 nitrogen and oxygen atoms in total. The molecule has 0 saturated heterocycles. The predicted octanol–water partition coefficient (Wildman–Crippen LogP) is 17.9. The number of aromatic hydroxyl groups is 4. The SMILES string of the molecule is CC(C)(C)c1cc(C(C)(C)c2cc(C(C)(C)C)c(O)c(C(C)(C)C)c2)cc(C(C)(C)C)c1O.CCCCCCCCCc1cc(Cc2ccc(O)c(CCCCCCCCC)c2)ccc1O. The van der Waals surface area contributed by atoms with E-state index in [0.29, 0.717) is 23.0 Å². The number of aryl methyl sites for hydroxylation is 2. The van der Waals surface area contributed by atoms with Gasteiger partial charge in [-0.1, -0.05) is 236 Å². The highest BCUT2D eigenvalue weighted by Crippen LogP contribution is 2.47. The van der Waals surface area contributed by atoms with Gasteiger partial charge in [0, 0.05) is 5.41 Å². The maximum atomic E-state index is 11.2. The lowest BCUT2D eigenvalue weighted by Gasteiger charge is -2.35. The molecule has 4 aromatic rings. The van der Waals surface area contributed by atoms with Crippen LogP contribution in [0.25, 0.3) is 0 Å². The minimum absolute atomic E-state index is 0.182. The first-order valence-corrected chi connectivity index (χ1v) is 26.0. The van der Waals surface area contributed by atoms with Gasteiger partial charge in [0.1, 0.15) is 23.0 Å². The molecule has 4 heteroatoms. The van der Waals surface area contributed by atoms with E-state index in [9.17, 15) is 20.4 Å². The average molecular weight is 905 g/mol. The summed E-state index contributed by atoms with van der Waals surface area (Å²) in [6.45, 7) is 34.9. The Hall–Kier alpha value is -3.92. The number of phenolic OH excluding ortho intramolecular Hbond substituents is 4. The average Bonchev–Trinajstić information content (AvgIpc) is 3.20. The van der Waals surface area contributed by atoms with E-state index in [1.807, 2.05) is 24.3 Å². The second kappa shape index (κ2) is 24.4. The standard InChI is InChI=1S/2C31H48O2/c1-27(2,3)21-15-19(16-22(25(21)32)28(4,5)6)31(13,14)20-17-23(29(7,8)9)26(33)24(18-20)30(10,11)12;1-3-5-7-9-11-13-15-17-28-24-26(19-21-30(28)32)23-27-20-22-31(33)29(25-27)18-16-14-12-10-8-6-4-2/h15-18,32-33H,1-14H3;19-22,24-25,32-33H,3-18,23H2,1-2H3. The van der Waals surface area contributed by atoms with Crippen molar-refractivity contribution in [1.82, 2.24) is 0 Å². The van der Waals surface area contributed by atoms with Gasteiger partial charge in [0.05, 0.1) is 0 Å². The summed E-state index contributed by atoms with van der Waals surface area (Å²) < 4.78 is 0. The molecule has 0 saturated carbocycles. The number of phenols is 4. The molecule has 0 amide bonds. The van der Waals surface area contributed by atoms with E-state index in [4.69, 9.17) is 0 Å². The van der Waals surface area contributed by atoms with Gasteiger partial charge in [0.15, 0.2) is 0 Å². The lowest BCUT2D eigenvalue weighted by molar-refractivity contribution is 0.420. The summed E-state index contributed by atoms with van der Waals surface area (Å²) in [6, 6.07) is 20.9. The van der Waals surface area contributed by atoms with Crippen molar-refractivity contribution in [3.8, 4) is 23.0 Å². The molecule has 0 atom stereocenters. The first kappa shape index (κ1) is 56.4. The van der Waals surface area contributed by atoms with E-state index in [1.165, 1.54) is 99.3 Å². The third-order valence-electron chi connectivity index (χ3n) is 13.7. The number of benzene rings is 4. The van der Waals surface area contributed by atoms with Crippen molar-refractivity contribution >= 4 is 0 Å². The van der Waals surface area contributed by atoms with Crippen molar-refractivity contribution in [3.63, 3.8) is 0 Å². The smallest absolute Gasteiger partial charge is 0.123 e. The van der Waals surface area contributed by atoms with Crippen LogP contribution in [0.5, 0.6) is 23.0 Å². The highest BCUT2D eigenvalue weighted by atomic mass is 16.3. The van der Waals surface area contributed by atoms with Crippen LogP contribution in [-0.2, 0) is 46.3 Å². The normalized spacial score (nSPS) is 12.6. The molecule has 0 unspecified atom stereocenters. The quantitative estimate of drug-likeness (QED) is 0.0666. The number of hydrogen-bond donors (Lipinski definition) is 4. The Labute approximate surface area is 405 Å². The van der Waals surface area contributed by atoms with Gasteiger partial charge < -0.3 is 20.4 Å². The molecule has 0 spiro atoms. The van der Waals surface area contributed by atoms with Gasteiger partial charge in [-0.2, -0.15) is 0 Å². The van der Waals surface area contributed by atoms with Gasteiger partial charge in [-0.05, 0) is 122 Å². The van der Waals surface area contributed by atoms with Gasteiger partial charge in [-0.15, -0.1) is 0 Å². The van der Waals surface area contributed by atoms with Crippen LogP contribution in [0.2, 0.25) is 0 Å². The Morgan fingerprint density at radius 1 is 0.348 bits per heavy atom. The molecule has 368 valence electrons. The summed E-state index contributed by atoms with van der Waals surface area (Å²) in [5.74, 6) is 1.67. The fourth-order valence-electron chi connectivity index (χ4n) is 9.12. The third-order valence-corrected chi connectivity index (χ3v) is 13.7. The predicted molar refractivity (Wildman–Crippen MR) is 286 cm³/mol. The van der Waals surface area contributed by atoms with Gasteiger partial charge in [-0.25, -0.2) is 0 Å². The van der Waals surface area contributed by atoms with Gasteiger partial charge >= 0.3 is 0 Å². The van der Waals surface area contributed by atoms with Crippen molar-refractivity contribution < 1.29 is 20.4 Å². The molecule has 0 aliphatic heterocycles. The summed E-state index contributed by atoms with van der Waals surface area (Å²) in [6.07, 6.45) is 20.8. The van der Waals surface area contributed by atoms with E-state index in [-0.39, 0.29) is 27.1 Å². The van der Waals surface area contributed by atoms with Crippen molar-refractivity contribution in [2.75, 3.05) is 0 Å². The molecule has 0 aliphatic rings. The zero-order valence-electron chi connectivity index (χ0n) is 45.1. The molecule has 4 N–H and O–H groups in total. The fourth-order valence-corrected chi connectivity index (χ4v) is 9.12. The molecular weight excluding hydrogens is 809 g/mol. The Morgan fingerprint density at radius 3 is 0.894 bits per heavy atom. The lowest BCUT2D eigenvalue weighted by atomic mass is 9.69. The minimum atomic E-state index is -0.318. The van der Waals surface area contributed by atoms with Gasteiger partial charge in [0.25, 0.3) is 0 Å². The van der Waals surface area contributed by atoms with E-state index in [2.05, 4.69) is 147 Å². The summed E-state index contributed by atoms with van der Waals surface area (Å²) in [5.41, 5.74) is 9.83. The Balaban J connectivity index is 0.000000350. The summed E-state index contributed by atoms with van der Waals surface area (Å²) in [5, 5.41) is 43.1.